The van der Waals surface area contributed by atoms with Crippen molar-refractivity contribution in [2.75, 3.05) is 59.0 Å². The molecular formula is C21H34F3N5O. The summed E-state index contributed by atoms with van der Waals surface area (Å²) < 4.78 is 41.1. The predicted octanol–water partition coefficient (Wildman–Crippen LogP) is 2.46. The fraction of sp³-hybridized carbons (Fsp3) is 0.667. The van der Waals surface area contributed by atoms with E-state index in [1.165, 1.54) is 0 Å². The second kappa shape index (κ2) is 12.8. The molecule has 1 heterocycles. The van der Waals surface area contributed by atoms with E-state index in [2.05, 4.69) is 37.1 Å². The van der Waals surface area contributed by atoms with E-state index in [0.717, 1.165) is 63.9 Å². The standard InChI is InChI=1S/C21H34F3N5O/c1-3-25-20(26-9-10-29-13-11-28(4-2)12-14-29)27-15-18-5-7-19(8-6-18)16-30-17-21(22,23)24/h5-8H,3-4,9-17H2,1-2H3,(H2,25,26,27). The normalized spacial score (nSPS) is 16.6. The van der Waals surface area contributed by atoms with Crippen molar-refractivity contribution in [2.45, 2.75) is 33.2 Å². The Morgan fingerprint density at radius 3 is 2.23 bits per heavy atom. The largest absolute Gasteiger partial charge is 0.411 e. The molecule has 170 valence electrons. The van der Waals surface area contributed by atoms with Gasteiger partial charge >= 0.3 is 6.18 Å². The Morgan fingerprint density at radius 1 is 1.00 bits per heavy atom. The molecule has 0 unspecified atom stereocenters. The van der Waals surface area contributed by atoms with Gasteiger partial charge in [-0.2, -0.15) is 13.2 Å². The van der Waals surface area contributed by atoms with Gasteiger partial charge in [-0.3, -0.25) is 4.90 Å². The molecule has 0 spiro atoms. The Balaban J connectivity index is 1.74. The minimum absolute atomic E-state index is 0.0558. The molecule has 2 N–H and O–H groups in total. The first-order valence-corrected chi connectivity index (χ1v) is 10.6. The zero-order chi connectivity index (χ0) is 21.8. The van der Waals surface area contributed by atoms with Crippen LogP contribution in [-0.2, 0) is 17.9 Å². The number of aliphatic imine (C=N–C) groups is 1. The molecule has 0 amide bonds. The Labute approximate surface area is 177 Å². The third-order valence-electron chi connectivity index (χ3n) is 4.95. The van der Waals surface area contributed by atoms with Crippen molar-refractivity contribution in [3.63, 3.8) is 0 Å². The highest BCUT2D eigenvalue weighted by atomic mass is 19.4. The molecule has 1 aliphatic rings. The maximum absolute atomic E-state index is 12.1. The number of nitrogens with zero attached hydrogens (tertiary/aromatic N) is 3. The van der Waals surface area contributed by atoms with E-state index in [1.54, 1.807) is 12.1 Å². The van der Waals surface area contributed by atoms with Gasteiger partial charge in [-0.15, -0.1) is 0 Å². The quantitative estimate of drug-likeness (QED) is 0.442. The lowest BCUT2D eigenvalue weighted by atomic mass is 10.1. The Bertz CT molecular complexity index is 629. The fourth-order valence-corrected chi connectivity index (χ4v) is 3.20. The smallest absolute Gasteiger partial charge is 0.367 e. The summed E-state index contributed by atoms with van der Waals surface area (Å²) in [5, 5.41) is 6.62. The predicted molar refractivity (Wildman–Crippen MR) is 114 cm³/mol. The SMILES string of the molecule is CCNC(=NCc1ccc(COCC(F)(F)F)cc1)NCCN1CCN(CC)CC1. The molecule has 1 aromatic carbocycles. The van der Waals surface area contributed by atoms with Crippen molar-refractivity contribution in [2.24, 2.45) is 4.99 Å². The van der Waals surface area contributed by atoms with Gasteiger partial charge < -0.3 is 20.3 Å². The zero-order valence-electron chi connectivity index (χ0n) is 18.0. The zero-order valence-corrected chi connectivity index (χ0v) is 18.0. The van der Waals surface area contributed by atoms with Crippen LogP contribution in [-0.4, -0.2) is 80.9 Å². The summed E-state index contributed by atoms with van der Waals surface area (Å²) in [6, 6.07) is 7.29. The number of guanidine groups is 1. The van der Waals surface area contributed by atoms with Gasteiger partial charge in [-0.25, -0.2) is 4.99 Å². The number of hydrogen-bond donors (Lipinski definition) is 2. The van der Waals surface area contributed by atoms with E-state index in [-0.39, 0.29) is 6.61 Å². The molecule has 1 saturated heterocycles. The van der Waals surface area contributed by atoms with Crippen LogP contribution in [0.2, 0.25) is 0 Å². The van der Waals surface area contributed by atoms with Gasteiger partial charge in [0, 0.05) is 45.8 Å². The average molecular weight is 430 g/mol. The first-order valence-electron chi connectivity index (χ1n) is 10.6. The summed E-state index contributed by atoms with van der Waals surface area (Å²) in [5.74, 6) is 0.766. The van der Waals surface area contributed by atoms with Crippen molar-refractivity contribution in [1.29, 1.82) is 0 Å². The van der Waals surface area contributed by atoms with Crippen molar-refractivity contribution in [3.05, 3.63) is 35.4 Å². The monoisotopic (exact) mass is 429 g/mol. The summed E-state index contributed by atoms with van der Waals surface area (Å²) in [5.41, 5.74) is 1.70. The lowest BCUT2D eigenvalue weighted by Gasteiger charge is -2.34. The van der Waals surface area contributed by atoms with E-state index in [0.29, 0.717) is 12.1 Å². The van der Waals surface area contributed by atoms with Gasteiger partial charge in [-0.1, -0.05) is 31.2 Å². The topological polar surface area (TPSA) is 52.1 Å². The Hall–Kier alpha value is -1.84. The molecule has 30 heavy (non-hydrogen) atoms. The second-order valence-corrected chi connectivity index (χ2v) is 7.32. The van der Waals surface area contributed by atoms with Crippen LogP contribution in [0.3, 0.4) is 0 Å². The Morgan fingerprint density at radius 2 is 1.63 bits per heavy atom. The molecule has 0 atom stereocenters. The molecule has 9 heteroatoms. The summed E-state index contributed by atoms with van der Waals surface area (Å²) in [4.78, 5) is 9.53. The number of hydrogen-bond acceptors (Lipinski definition) is 4. The average Bonchev–Trinajstić information content (AvgIpc) is 2.72. The number of ether oxygens (including phenoxy) is 1. The number of piperazine rings is 1. The van der Waals surface area contributed by atoms with Crippen LogP contribution in [0.1, 0.15) is 25.0 Å². The number of alkyl halides is 3. The van der Waals surface area contributed by atoms with Gasteiger partial charge in [0.2, 0.25) is 0 Å². The van der Waals surface area contributed by atoms with Crippen LogP contribution in [0.25, 0.3) is 0 Å². The highest BCUT2D eigenvalue weighted by Gasteiger charge is 2.27. The lowest BCUT2D eigenvalue weighted by Crippen LogP contribution is -2.49. The van der Waals surface area contributed by atoms with Crippen LogP contribution in [0.15, 0.2) is 29.3 Å². The first kappa shape index (κ1) is 24.4. The van der Waals surface area contributed by atoms with Crippen LogP contribution >= 0.6 is 0 Å². The maximum Gasteiger partial charge on any atom is 0.411 e. The molecule has 1 aliphatic heterocycles. The van der Waals surface area contributed by atoms with Crippen molar-refractivity contribution in [1.82, 2.24) is 20.4 Å². The summed E-state index contributed by atoms with van der Waals surface area (Å²) >= 11 is 0. The summed E-state index contributed by atoms with van der Waals surface area (Å²) in [7, 11) is 0. The van der Waals surface area contributed by atoms with Crippen molar-refractivity contribution in [3.8, 4) is 0 Å². The fourth-order valence-electron chi connectivity index (χ4n) is 3.20. The molecule has 0 radical (unpaired) electrons. The van der Waals surface area contributed by atoms with Gasteiger partial charge in [0.05, 0.1) is 13.2 Å². The van der Waals surface area contributed by atoms with Gasteiger partial charge in [0.1, 0.15) is 6.61 Å². The van der Waals surface area contributed by atoms with Crippen LogP contribution in [0.5, 0.6) is 0 Å². The van der Waals surface area contributed by atoms with Crippen LogP contribution in [0.4, 0.5) is 13.2 Å². The number of nitrogens with one attached hydrogen (secondary N) is 2. The molecule has 1 aromatic rings. The van der Waals surface area contributed by atoms with Gasteiger partial charge in [0.15, 0.2) is 5.96 Å². The Kier molecular flexibility index (Phi) is 10.4. The molecule has 0 saturated carbocycles. The highest BCUT2D eigenvalue weighted by Crippen LogP contribution is 2.16. The van der Waals surface area contributed by atoms with Crippen LogP contribution < -0.4 is 10.6 Å². The molecule has 0 aliphatic carbocycles. The first-order chi connectivity index (χ1) is 14.4. The van der Waals surface area contributed by atoms with E-state index in [1.807, 2.05) is 19.1 Å². The van der Waals surface area contributed by atoms with E-state index >= 15 is 0 Å². The summed E-state index contributed by atoms with van der Waals surface area (Å²) in [6.45, 7) is 11.6. The van der Waals surface area contributed by atoms with Crippen molar-refractivity contribution >= 4 is 5.96 Å². The second-order valence-electron chi connectivity index (χ2n) is 7.32. The third kappa shape index (κ3) is 9.77. The highest BCUT2D eigenvalue weighted by molar-refractivity contribution is 5.79. The molecule has 0 aromatic heterocycles. The van der Waals surface area contributed by atoms with E-state index < -0.39 is 12.8 Å². The van der Waals surface area contributed by atoms with E-state index in [9.17, 15) is 13.2 Å². The van der Waals surface area contributed by atoms with Crippen LogP contribution in [0, 0.1) is 0 Å². The lowest BCUT2D eigenvalue weighted by molar-refractivity contribution is -0.176. The number of benzene rings is 1. The molecular weight excluding hydrogens is 395 g/mol. The van der Waals surface area contributed by atoms with Gasteiger partial charge in [-0.05, 0) is 24.6 Å². The molecule has 2 rings (SSSR count). The third-order valence-corrected chi connectivity index (χ3v) is 4.95. The van der Waals surface area contributed by atoms with Gasteiger partial charge in [0.25, 0.3) is 0 Å². The minimum atomic E-state index is -4.30. The molecule has 6 nitrogen and oxygen atoms in total. The van der Waals surface area contributed by atoms with Crippen molar-refractivity contribution < 1.29 is 17.9 Å². The molecule has 1 fully saturated rings. The number of likely N-dealkylation sites (N-methyl/N-ethyl adjacent to an activating group) is 1. The number of rotatable bonds is 10. The summed E-state index contributed by atoms with van der Waals surface area (Å²) in [6.07, 6.45) is -4.30. The minimum Gasteiger partial charge on any atom is -0.367 e. The molecule has 0 bridgehead atoms. The van der Waals surface area contributed by atoms with E-state index in [4.69, 9.17) is 0 Å². The number of halogens is 3. The maximum atomic E-state index is 12.1.